The Morgan fingerprint density at radius 3 is 1.86 bits per heavy atom. The number of hydrogen-bond acceptors (Lipinski definition) is 6. The molecule has 0 bridgehead atoms. The molecule has 1 aromatic rings. The van der Waals surface area contributed by atoms with E-state index in [1.807, 2.05) is 11.0 Å². The maximum absolute atomic E-state index is 12.5. The van der Waals surface area contributed by atoms with E-state index in [1.54, 1.807) is 0 Å². The van der Waals surface area contributed by atoms with Gasteiger partial charge in [-0.25, -0.2) is 0 Å². The van der Waals surface area contributed by atoms with Gasteiger partial charge in [0, 0.05) is 26.1 Å². The van der Waals surface area contributed by atoms with Gasteiger partial charge in [0.15, 0.2) is 0 Å². The van der Waals surface area contributed by atoms with Gasteiger partial charge in [-0.15, -0.1) is 0 Å². The predicted molar refractivity (Wildman–Crippen MR) is 159 cm³/mol. The van der Waals surface area contributed by atoms with Crippen LogP contribution in [0, 0.1) is 0 Å². The van der Waals surface area contributed by atoms with Gasteiger partial charge in [0.1, 0.15) is 11.5 Å². The van der Waals surface area contributed by atoms with Crippen molar-refractivity contribution >= 4 is 22.5 Å². The average molecular weight is 555 g/mol. The minimum absolute atomic E-state index is 0.0179. The Labute approximate surface area is 228 Å². The summed E-state index contributed by atoms with van der Waals surface area (Å²) in [6.45, 7) is 24.9. The van der Waals surface area contributed by atoms with Gasteiger partial charge >= 0.3 is 0 Å². The molecule has 7 nitrogen and oxygen atoms in total. The van der Waals surface area contributed by atoms with Gasteiger partial charge in [-0.1, -0.05) is 47.6 Å². The molecule has 0 spiro atoms. The van der Waals surface area contributed by atoms with Crippen LogP contribution in [0.15, 0.2) is 18.2 Å². The van der Waals surface area contributed by atoms with Crippen LogP contribution in [0.4, 0.5) is 0 Å². The van der Waals surface area contributed by atoms with Crippen molar-refractivity contribution in [1.29, 1.82) is 0 Å². The van der Waals surface area contributed by atoms with E-state index < -0.39 is 16.6 Å². The van der Waals surface area contributed by atoms with E-state index >= 15 is 0 Å². The summed E-state index contributed by atoms with van der Waals surface area (Å²) >= 11 is 0. The molecule has 214 valence electrons. The van der Waals surface area contributed by atoms with E-state index in [0.717, 1.165) is 30.0 Å². The standard InChI is InChI=1S/C28H54N2O5Si2/c1-27(2,3)36(7,8)34-24-14-12-23(22-25(24)35-37(9,10)28(4,5)6)13-15-26(33)29-16-11-17-30(18-20-31)19-21-32/h12,14,22,31-32H,11,13,15-21H2,1-10H3,(H,29,33). The Morgan fingerprint density at radius 2 is 1.38 bits per heavy atom. The third-order valence-corrected chi connectivity index (χ3v) is 16.5. The molecule has 1 rings (SSSR count). The van der Waals surface area contributed by atoms with Gasteiger partial charge in [0.25, 0.3) is 16.6 Å². The molecule has 0 saturated carbocycles. The molecule has 0 atom stereocenters. The summed E-state index contributed by atoms with van der Waals surface area (Å²) in [5, 5.41) is 21.3. The number of nitrogens with one attached hydrogen (secondary N) is 1. The molecule has 0 aliphatic carbocycles. The van der Waals surface area contributed by atoms with Crippen LogP contribution in [-0.4, -0.2) is 77.0 Å². The van der Waals surface area contributed by atoms with Crippen LogP contribution in [0.2, 0.25) is 36.3 Å². The molecular weight excluding hydrogens is 500 g/mol. The third kappa shape index (κ3) is 11.1. The van der Waals surface area contributed by atoms with Gasteiger partial charge in [0.2, 0.25) is 5.91 Å². The first-order valence-electron chi connectivity index (χ1n) is 13.7. The van der Waals surface area contributed by atoms with Crippen LogP contribution in [0.25, 0.3) is 0 Å². The van der Waals surface area contributed by atoms with Crippen molar-refractivity contribution in [2.24, 2.45) is 0 Å². The zero-order valence-corrected chi connectivity index (χ0v) is 27.2. The molecule has 0 unspecified atom stereocenters. The molecule has 0 aromatic heterocycles. The van der Waals surface area contributed by atoms with Crippen molar-refractivity contribution in [1.82, 2.24) is 10.2 Å². The highest BCUT2D eigenvalue weighted by Gasteiger charge is 2.42. The lowest BCUT2D eigenvalue weighted by molar-refractivity contribution is -0.121. The van der Waals surface area contributed by atoms with E-state index in [1.165, 1.54) is 0 Å². The van der Waals surface area contributed by atoms with Crippen molar-refractivity contribution < 1.29 is 23.9 Å². The lowest BCUT2D eigenvalue weighted by Gasteiger charge is -2.39. The third-order valence-electron chi connectivity index (χ3n) is 7.80. The first kappa shape index (κ1) is 33.6. The van der Waals surface area contributed by atoms with Crippen LogP contribution in [0.1, 0.15) is 59.9 Å². The van der Waals surface area contributed by atoms with Crippen molar-refractivity contribution in [2.75, 3.05) is 39.4 Å². The molecule has 3 N–H and O–H groups in total. The number of rotatable bonds is 15. The number of aliphatic hydroxyl groups is 2. The molecule has 0 aliphatic rings. The average Bonchev–Trinajstić information content (AvgIpc) is 2.75. The second-order valence-electron chi connectivity index (χ2n) is 13.0. The maximum Gasteiger partial charge on any atom is 0.250 e. The molecule has 0 saturated heterocycles. The summed E-state index contributed by atoms with van der Waals surface area (Å²) in [4.78, 5) is 14.5. The minimum Gasteiger partial charge on any atom is -0.541 e. The summed E-state index contributed by atoms with van der Waals surface area (Å²) < 4.78 is 13.4. The SMILES string of the molecule is CC(C)(C)[Si](C)(C)Oc1ccc(CCC(=O)NCCCN(CCO)CCO)cc1O[Si](C)(C)C(C)(C)C. The number of carbonyl (C=O) groups excluding carboxylic acids is 1. The second kappa shape index (κ2) is 14.1. The van der Waals surface area contributed by atoms with Crippen molar-refractivity contribution in [3.63, 3.8) is 0 Å². The second-order valence-corrected chi connectivity index (χ2v) is 22.4. The summed E-state index contributed by atoms with van der Waals surface area (Å²) in [7, 11) is -4.14. The van der Waals surface area contributed by atoms with Crippen LogP contribution in [0.3, 0.4) is 0 Å². The minimum atomic E-state index is -2.09. The van der Waals surface area contributed by atoms with Crippen LogP contribution >= 0.6 is 0 Å². The highest BCUT2D eigenvalue weighted by atomic mass is 28.4. The molecule has 1 aromatic carbocycles. The highest BCUT2D eigenvalue weighted by molar-refractivity contribution is 6.75. The first-order chi connectivity index (χ1) is 16.9. The largest absolute Gasteiger partial charge is 0.541 e. The van der Waals surface area contributed by atoms with Gasteiger partial charge < -0.3 is 24.4 Å². The van der Waals surface area contributed by atoms with Crippen LogP contribution in [-0.2, 0) is 11.2 Å². The lowest BCUT2D eigenvalue weighted by atomic mass is 10.1. The highest BCUT2D eigenvalue weighted by Crippen LogP contribution is 2.43. The molecule has 0 radical (unpaired) electrons. The number of amides is 1. The fraction of sp³-hybridized carbons (Fsp3) is 0.750. The first-order valence-corrected chi connectivity index (χ1v) is 19.5. The fourth-order valence-corrected chi connectivity index (χ4v) is 5.26. The van der Waals surface area contributed by atoms with Crippen LogP contribution in [0.5, 0.6) is 11.5 Å². The summed E-state index contributed by atoms with van der Waals surface area (Å²) in [5.41, 5.74) is 1.06. The number of carbonyl (C=O) groups is 1. The number of aliphatic hydroxyl groups excluding tert-OH is 2. The zero-order chi connectivity index (χ0) is 28.5. The normalized spacial score (nSPS) is 13.1. The van der Waals surface area contributed by atoms with Crippen LogP contribution < -0.4 is 14.2 Å². The molecule has 0 aliphatic heterocycles. The van der Waals surface area contributed by atoms with Gasteiger partial charge in [-0.05, 0) is 73.3 Å². The Balaban J connectivity index is 2.89. The number of nitrogens with zero attached hydrogens (tertiary/aromatic N) is 1. The van der Waals surface area contributed by atoms with E-state index in [0.29, 0.717) is 32.5 Å². The Kier molecular flexibility index (Phi) is 12.8. The van der Waals surface area contributed by atoms with Gasteiger partial charge in [0.05, 0.1) is 13.2 Å². The fourth-order valence-electron chi connectivity index (χ4n) is 3.22. The van der Waals surface area contributed by atoms with Crippen molar-refractivity contribution in [3.05, 3.63) is 23.8 Å². The molecule has 0 heterocycles. The van der Waals surface area contributed by atoms with Crippen molar-refractivity contribution in [3.8, 4) is 11.5 Å². The monoisotopic (exact) mass is 554 g/mol. The molecule has 1 amide bonds. The number of benzene rings is 1. The van der Waals surface area contributed by atoms with E-state index in [4.69, 9.17) is 19.1 Å². The Bertz CT molecular complexity index is 842. The number of hydrogen-bond donors (Lipinski definition) is 3. The van der Waals surface area contributed by atoms with E-state index in [2.05, 4.69) is 85.2 Å². The Morgan fingerprint density at radius 1 is 0.865 bits per heavy atom. The smallest absolute Gasteiger partial charge is 0.250 e. The quantitative estimate of drug-likeness (QED) is 0.204. The van der Waals surface area contributed by atoms with Gasteiger partial charge in [-0.2, -0.15) is 0 Å². The molecule has 0 fully saturated rings. The zero-order valence-electron chi connectivity index (χ0n) is 25.2. The number of aryl methyl sites for hydroxylation is 1. The lowest BCUT2D eigenvalue weighted by Crippen LogP contribution is -2.45. The molecule has 37 heavy (non-hydrogen) atoms. The topological polar surface area (TPSA) is 91.3 Å². The van der Waals surface area contributed by atoms with Gasteiger partial charge in [-0.3, -0.25) is 9.69 Å². The summed E-state index contributed by atoms with van der Waals surface area (Å²) in [6.07, 6.45) is 1.80. The summed E-state index contributed by atoms with van der Waals surface area (Å²) in [5.74, 6) is 1.62. The Hall–Kier alpha value is -1.40. The maximum atomic E-state index is 12.5. The molecular formula is C28H54N2O5Si2. The van der Waals surface area contributed by atoms with Crippen molar-refractivity contribution in [2.45, 2.75) is 97.1 Å². The van der Waals surface area contributed by atoms with E-state index in [9.17, 15) is 4.79 Å². The van der Waals surface area contributed by atoms with E-state index in [-0.39, 0.29) is 29.2 Å². The molecule has 9 heteroatoms. The summed E-state index contributed by atoms with van der Waals surface area (Å²) in [6, 6.07) is 6.14. The predicted octanol–water partition coefficient (Wildman–Crippen LogP) is 5.18.